The third-order valence-electron chi connectivity index (χ3n) is 4.39. The molecule has 0 saturated carbocycles. The first-order valence-corrected chi connectivity index (χ1v) is 9.74. The number of nitrogens with one attached hydrogen (secondary N) is 1. The van der Waals surface area contributed by atoms with Gasteiger partial charge in [0.25, 0.3) is 0 Å². The number of halogens is 1. The molecule has 0 saturated heterocycles. The molecule has 1 atom stereocenters. The SMILES string of the molecule is COc1ccc(S(=O)(=O)NC(C)c2ccc3c(c2)CCC3)cc1Cl. The Labute approximate surface area is 147 Å². The molecule has 24 heavy (non-hydrogen) atoms. The summed E-state index contributed by atoms with van der Waals surface area (Å²) in [5, 5.41) is 0.269. The van der Waals surface area contributed by atoms with Crippen LogP contribution < -0.4 is 9.46 Å². The molecule has 0 bridgehead atoms. The van der Waals surface area contributed by atoms with Crippen LogP contribution >= 0.6 is 11.6 Å². The van der Waals surface area contributed by atoms with Gasteiger partial charge in [0.2, 0.25) is 10.0 Å². The molecule has 1 aliphatic carbocycles. The fourth-order valence-corrected chi connectivity index (χ4v) is 4.62. The van der Waals surface area contributed by atoms with E-state index in [1.165, 1.54) is 36.8 Å². The molecular weight excluding hydrogens is 346 g/mol. The molecule has 0 aliphatic heterocycles. The van der Waals surface area contributed by atoms with Gasteiger partial charge >= 0.3 is 0 Å². The van der Waals surface area contributed by atoms with Gasteiger partial charge in [0, 0.05) is 6.04 Å². The molecule has 128 valence electrons. The molecule has 0 heterocycles. The van der Waals surface area contributed by atoms with Gasteiger partial charge in [-0.25, -0.2) is 13.1 Å². The number of ether oxygens (including phenoxy) is 1. The zero-order valence-corrected chi connectivity index (χ0v) is 15.2. The van der Waals surface area contributed by atoms with Crippen LogP contribution in [0.1, 0.15) is 36.1 Å². The molecule has 0 fully saturated rings. The minimum atomic E-state index is -3.66. The van der Waals surface area contributed by atoms with E-state index >= 15 is 0 Å². The highest BCUT2D eigenvalue weighted by Crippen LogP contribution is 2.29. The Bertz CT molecular complexity index is 865. The van der Waals surface area contributed by atoms with Crippen LogP contribution in [0, 0.1) is 0 Å². The highest BCUT2D eigenvalue weighted by molar-refractivity contribution is 7.89. The van der Waals surface area contributed by atoms with Crippen molar-refractivity contribution in [1.82, 2.24) is 4.72 Å². The Morgan fingerprint density at radius 2 is 1.88 bits per heavy atom. The van der Waals surface area contributed by atoms with Gasteiger partial charge in [-0.05, 0) is 61.1 Å². The number of fused-ring (bicyclic) bond motifs is 1. The number of aryl methyl sites for hydroxylation is 2. The van der Waals surface area contributed by atoms with Crippen LogP contribution in [0.5, 0.6) is 5.75 Å². The third kappa shape index (κ3) is 3.43. The molecule has 0 spiro atoms. The van der Waals surface area contributed by atoms with E-state index in [2.05, 4.69) is 16.9 Å². The summed E-state index contributed by atoms with van der Waals surface area (Å²) in [5.41, 5.74) is 3.67. The van der Waals surface area contributed by atoms with Gasteiger partial charge in [-0.2, -0.15) is 0 Å². The monoisotopic (exact) mass is 365 g/mol. The molecule has 2 aromatic rings. The number of rotatable bonds is 5. The van der Waals surface area contributed by atoms with Crippen molar-refractivity contribution in [3.63, 3.8) is 0 Å². The van der Waals surface area contributed by atoms with Gasteiger partial charge in [0.05, 0.1) is 17.0 Å². The molecule has 4 nitrogen and oxygen atoms in total. The highest BCUT2D eigenvalue weighted by atomic mass is 35.5. The second kappa shape index (κ2) is 6.75. The van der Waals surface area contributed by atoms with Crippen molar-refractivity contribution in [2.24, 2.45) is 0 Å². The predicted octanol–water partition coefficient (Wildman–Crippen LogP) is 3.88. The first-order chi connectivity index (χ1) is 11.4. The largest absolute Gasteiger partial charge is 0.495 e. The van der Waals surface area contributed by atoms with Crippen molar-refractivity contribution < 1.29 is 13.2 Å². The van der Waals surface area contributed by atoms with Crippen LogP contribution in [0.25, 0.3) is 0 Å². The maximum atomic E-state index is 12.6. The third-order valence-corrected chi connectivity index (χ3v) is 6.22. The smallest absolute Gasteiger partial charge is 0.241 e. The minimum absolute atomic E-state index is 0.126. The lowest BCUT2D eigenvalue weighted by atomic mass is 10.0. The van der Waals surface area contributed by atoms with Crippen LogP contribution in [-0.2, 0) is 22.9 Å². The molecule has 2 aromatic carbocycles. The molecule has 0 radical (unpaired) electrons. The molecule has 0 aromatic heterocycles. The van der Waals surface area contributed by atoms with E-state index in [0.717, 1.165) is 18.4 Å². The lowest BCUT2D eigenvalue weighted by Gasteiger charge is -2.16. The lowest BCUT2D eigenvalue weighted by molar-refractivity contribution is 0.414. The summed E-state index contributed by atoms with van der Waals surface area (Å²) in [7, 11) is -2.17. The van der Waals surface area contributed by atoms with Crippen molar-refractivity contribution in [3.8, 4) is 5.75 Å². The Morgan fingerprint density at radius 3 is 2.58 bits per heavy atom. The van der Waals surface area contributed by atoms with E-state index in [4.69, 9.17) is 16.3 Å². The molecule has 0 amide bonds. The van der Waals surface area contributed by atoms with E-state index in [1.54, 1.807) is 6.07 Å². The van der Waals surface area contributed by atoms with Gasteiger partial charge in [-0.1, -0.05) is 29.8 Å². The topological polar surface area (TPSA) is 55.4 Å². The van der Waals surface area contributed by atoms with Gasteiger partial charge in [-0.15, -0.1) is 0 Å². The maximum absolute atomic E-state index is 12.6. The quantitative estimate of drug-likeness (QED) is 0.874. The molecule has 6 heteroatoms. The number of sulfonamides is 1. The van der Waals surface area contributed by atoms with E-state index in [1.807, 2.05) is 13.0 Å². The van der Waals surface area contributed by atoms with Crippen molar-refractivity contribution in [1.29, 1.82) is 0 Å². The summed E-state index contributed by atoms with van der Waals surface area (Å²) in [4.78, 5) is 0.126. The van der Waals surface area contributed by atoms with Gasteiger partial charge < -0.3 is 4.74 Å². The standard InChI is InChI=1S/C18H20ClNO3S/c1-12(14-7-6-13-4-3-5-15(13)10-14)20-24(21,22)16-8-9-18(23-2)17(19)11-16/h6-12,20H,3-5H2,1-2H3. The lowest BCUT2D eigenvalue weighted by Crippen LogP contribution is -2.27. The number of hydrogen-bond acceptors (Lipinski definition) is 3. The number of hydrogen-bond donors (Lipinski definition) is 1. The molecule has 1 unspecified atom stereocenters. The van der Waals surface area contributed by atoms with E-state index in [-0.39, 0.29) is 16.0 Å². The first kappa shape index (κ1) is 17.3. The van der Waals surface area contributed by atoms with Crippen molar-refractivity contribution in [2.45, 2.75) is 37.1 Å². The van der Waals surface area contributed by atoms with Crippen LogP contribution in [-0.4, -0.2) is 15.5 Å². The zero-order chi connectivity index (χ0) is 17.3. The van der Waals surface area contributed by atoms with E-state index < -0.39 is 10.0 Å². The Morgan fingerprint density at radius 1 is 1.12 bits per heavy atom. The second-order valence-corrected chi connectivity index (χ2v) is 8.14. The van der Waals surface area contributed by atoms with Gasteiger partial charge in [0.15, 0.2) is 0 Å². The van der Waals surface area contributed by atoms with Crippen LogP contribution in [0.3, 0.4) is 0 Å². The Balaban J connectivity index is 1.82. The second-order valence-electron chi connectivity index (χ2n) is 6.02. The average molecular weight is 366 g/mol. The summed E-state index contributed by atoms with van der Waals surface area (Å²) in [6.07, 6.45) is 3.35. The van der Waals surface area contributed by atoms with Crippen molar-refractivity contribution >= 4 is 21.6 Å². The van der Waals surface area contributed by atoms with Crippen molar-refractivity contribution in [2.75, 3.05) is 7.11 Å². The highest BCUT2D eigenvalue weighted by Gasteiger charge is 2.21. The summed E-state index contributed by atoms with van der Waals surface area (Å²) < 4.78 is 33.0. The first-order valence-electron chi connectivity index (χ1n) is 7.88. The predicted molar refractivity (Wildman–Crippen MR) is 95.2 cm³/mol. The molecule has 3 rings (SSSR count). The van der Waals surface area contributed by atoms with E-state index in [0.29, 0.717) is 5.75 Å². The van der Waals surface area contributed by atoms with Crippen LogP contribution in [0.4, 0.5) is 0 Å². The Kier molecular flexibility index (Phi) is 4.85. The van der Waals surface area contributed by atoms with Crippen molar-refractivity contribution in [3.05, 3.63) is 58.1 Å². The number of methoxy groups -OCH3 is 1. The molecule has 1 aliphatic rings. The van der Waals surface area contributed by atoms with Crippen LogP contribution in [0.2, 0.25) is 5.02 Å². The average Bonchev–Trinajstić information content (AvgIpc) is 3.01. The summed E-state index contributed by atoms with van der Waals surface area (Å²) in [5.74, 6) is 0.447. The molecule has 1 N–H and O–H groups in total. The van der Waals surface area contributed by atoms with Gasteiger partial charge in [0.1, 0.15) is 5.75 Å². The summed E-state index contributed by atoms with van der Waals surface area (Å²) >= 11 is 6.04. The minimum Gasteiger partial charge on any atom is -0.495 e. The number of benzene rings is 2. The summed E-state index contributed by atoms with van der Waals surface area (Å²) in [6, 6.07) is 10.3. The Hall–Kier alpha value is -1.56. The van der Waals surface area contributed by atoms with Gasteiger partial charge in [-0.3, -0.25) is 0 Å². The zero-order valence-electron chi connectivity index (χ0n) is 13.7. The maximum Gasteiger partial charge on any atom is 0.241 e. The van der Waals surface area contributed by atoms with E-state index in [9.17, 15) is 8.42 Å². The normalized spacial score (nSPS) is 15.1. The fraction of sp³-hybridized carbons (Fsp3) is 0.333. The molecular formula is C18H20ClNO3S. The summed E-state index contributed by atoms with van der Waals surface area (Å²) in [6.45, 7) is 1.85. The fourth-order valence-electron chi connectivity index (χ4n) is 3.04. The van der Waals surface area contributed by atoms with Crippen LogP contribution in [0.15, 0.2) is 41.3 Å².